The monoisotopic (exact) mass is 272 g/mol. The fraction of sp³-hybridized carbons (Fsp3) is 0.143. The number of aliphatic imine (C=N–C) groups is 1. The van der Waals surface area contributed by atoms with Gasteiger partial charge in [0.1, 0.15) is 5.69 Å². The number of aromatic nitrogens is 1. The number of benzene rings is 1. The van der Waals surface area contributed by atoms with Gasteiger partial charge in [0.05, 0.1) is 12.3 Å². The maximum Gasteiger partial charge on any atom is 0.356 e. The predicted octanol–water partition coefficient (Wildman–Crippen LogP) is 3.21. The molecule has 0 aliphatic heterocycles. The number of methoxy groups -OCH3 is 1. The van der Waals surface area contributed by atoms with Crippen LogP contribution in [0.3, 0.4) is 0 Å². The molecule has 0 amide bonds. The molecule has 2 aromatic rings. The fourth-order valence-electron chi connectivity index (χ4n) is 1.94. The number of nitrogens with zero attached hydrogens (tertiary/aromatic N) is 2. The maximum atomic E-state index is 11.8. The van der Waals surface area contributed by atoms with Crippen LogP contribution < -0.4 is 0 Å². The average molecular weight is 272 g/mol. The standard InChI is InChI=1S/C14H12N2O2S/c1-16-8-11(10-6-4-3-5-7-10)12(15-9-19)13(16)14(17)18-2/h3-8H,1-2H3. The highest BCUT2D eigenvalue weighted by atomic mass is 32.1. The van der Waals surface area contributed by atoms with Crippen molar-refractivity contribution < 1.29 is 9.53 Å². The number of isothiocyanates is 1. The summed E-state index contributed by atoms with van der Waals surface area (Å²) in [6.07, 6.45) is 1.83. The average Bonchev–Trinajstić information content (AvgIpc) is 2.76. The number of hydrogen-bond acceptors (Lipinski definition) is 4. The zero-order valence-corrected chi connectivity index (χ0v) is 11.4. The third-order valence-corrected chi connectivity index (χ3v) is 2.87. The van der Waals surface area contributed by atoms with Crippen molar-refractivity contribution in [3.05, 3.63) is 42.2 Å². The Morgan fingerprint density at radius 3 is 2.63 bits per heavy atom. The second kappa shape index (κ2) is 5.61. The maximum absolute atomic E-state index is 11.8. The first-order valence-corrected chi connectivity index (χ1v) is 6.00. The van der Waals surface area contributed by atoms with Gasteiger partial charge in [0.25, 0.3) is 0 Å². The number of rotatable bonds is 3. The number of carbonyl (C=O) groups is 1. The first kappa shape index (κ1) is 13.2. The lowest BCUT2D eigenvalue weighted by atomic mass is 10.1. The fourth-order valence-corrected chi connectivity index (χ4v) is 2.03. The van der Waals surface area contributed by atoms with Crippen LogP contribution in [0.25, 0.3) is 11.1 Å². The second-order valence-corrected chi connectivity index (χ2v) is 4.09. The van der Waals surface area contributed by atoms with E-state index in [9.17, 15) is 4.79 Å². The molecular formula is C14H12N2O2S. The number of hydrogen-bond donors (Lipinski definition) is 0. The molecule has 1 aromatic heterocycles. The summed E-state index contributed by atoms with van der Waals surface area (Å²) in [4.78, 5) is 15.8. The lowest BCUT2D eigenvalue weighted by Crippen LogP contribution is -2.07. The number of thiocarbonyl (C=S) groups is 1. The lowest BCUT2D eigenvalue weighted by Gasteiger charge is -2.02. The molecule has 0 spiro atoms. The van der Waals surface area contributed by atoms with Crippen molar-refractivity contribution in [2.75, 3.05) is 7.11 Å². The van der Waals surface area contributed by atoms with Crippen molar-refractivity contribution in [1.82, 2.24) is 4.57 Å². The van der Waals surface area contributed by atoms with Crippen LogP contribution in [-0.4, -0.2) is 22.8 Å². The highest BCUT2D eigenvalue weighted by Gasteiger charge is 2.21. The van der Waals surface area contributed by atoms with E-state index in [0.717, 1.165) is 11.1 Å². The molecule has 96 valence electrons. The lowest BCUT2D eigenvalue weighted by molar-refractivity contribution is 0.0591. The van der Waals surface area contributed by atoms with Gasteiger partial charge >= 0.3 is 5.97 Å². The largest absolute Gasteiger partial charge is 0.464 e. The van der Waals surface area contributed by atoms with E-state index in [1.54, 1.807) is 11.6 Å². The number of aryl methyl sites for hydroxylation is 1. The van der Waals surface area contributed by atoms with Gasteiger partial charge in [0.2, 0.25) is 0 Å². The van der Waals surface area contributed by atoms with Gasteiger partial charge < -0.3 is 9.30 Å². The van der Waals surface area contributed by atoms with E-state index in [1.165, 1.54) is 7.11 Å². The van der Waals surface area contributed by atoms with E-state index < -0.39 is 5.97 Å². The number of ether oxygens (including phenoxy) is 1. The minimum absolute atomic E-state index is 0.360. The molecule has 0 unspecified atom stereocenters. The van der Waals surface area contributed by atoms with Crippen molar-refractivity contribution in [3.8, 4) is 11.1 Å². The summed E-state index contributed by atoms with van der Waals surface area (Å²) < 4.78 is 6.45. The molecule has 0 radical (unpaired) electrons. The summed E-state index contributed by atoms with van der Waals surface area (Å²) >= 11 is 4.66. The van der Waals surface area contributed by atoms with Crippen LogP contribution in [-0.2, 0) is 11.8 Å². The van der Waals surface area contributed by atoms with Crippen molar-refractivity contribution in [3.63, 3.8) is 0 Å². The Morgan fingerprint density at radius 2 is 2.05 bits per heavy atom. The van der Waals surface area contributed by atoms with Gasteiger partial charge in [-0.15, -0.1) is 0 Å². The predicted molar refractivity (Wildman–Crippen MR) is 76.9 cm³/mol. The van der Waals surface area contributed by atoms with E-state index in [-0.39, 0.29) is 0 Å². The SMILES string of the molecule is COC(=O)c1c(N=C=S)c(-c2ccccc2)cn1C. The summed E-state index contributed by atoms with van der Waals surface area (Å²) in [5.41, 5.74) is 2.62. The zero-order valence-electron chi connectivity index (χ0n) is 10.6. The highest BCUT2D eigenvalue weighted by molar-refractivity contribution is 7.78. The third kappa shape index (κ3) is 2.47. The smallest absolute Gasteiger partial charge is 0.356 e. The van der Waals surface area contributed by atoms with Crippen LogP contribution in [0.15, 0.2) is 41.5 Å². The Kier molecular flexibility index (Phi) is 3.90. The normalized spacial score (nSPS) is 9.79. The molecule has 0 saturated carbocycles. The molecule has 0 aliphatic carbocycles. The molecule has 0 saturated heterocycles. The third-order valence-electron chi connectivity index (χ3n) is 2.78. The minimum atomic E-state index is -0.450. The Morgan fingerprint density at radius 1 is 1.37 bits per heavy atom. The van der Waals surface area contributed by atoms with E-state index in [2.05, 4.69) is 22.4 Å². The van der Waals surface area contributed by atoms with E-state index in [0.29, 0.717) is 11.4 Å². The van der Waals surface area contributed by atoms with Crippen molar-refractivity contribution in [1.29, 1.82) is 0 Å². The van der Waals surface area contributed by atoms with Gasteiger partial charge in [0.15, 0.2) is 5.69 Å². The topological polar surface area (TPSA) is 43.6 Å². The molecule has 4 nitrogen and oxygen atoms in total. The molecule has 0 aliphatic rings. The zero-order chi connectivity index (χ0) is 13.8. The van der Waals surface area contributed by atoms with Gasteiger partial charge in [-0.25, -0.2) is 4.79 Å². The molecular weight excluding hydrogens is 260 g/mol. The minimum Gasteiger partial charge on any atom is -0.464 e. The first-order valence-electron chi connectivity index (χ1n) is 5.60. The summed E-state index contributed by atoms with van der Waals surface area (Å²) in [7, 11) is 3.10. The molecule has 1 aromatic carbocycles. The van der Waals surface area contributed by atoms with Crippen molar-refractivity contribution in [2.45, 2.75) is 0 Å². The summed E-state index contributed by atoms with van der Waals surface area (Å²) in [6.45, 7) is 0. The van der Waals surface area contributed by atoms with Gasteiger partial charge in [0, 0.05) is 18.8 Å². The van der Waals surface area contributed by atoms with Crippen molar-refractivity contribution >= 4 is 29.0 Å². The van der Waals surface area contributed by atoms with Crippen molar-refractivity contribution in [2.24, 2.45) is 12.0 Å². The molecule has 0 bridgehead atoms. The van der Waals surface area contributed by atoms with Gasteiger partial charge in [-0.2, -0.15) is 4.99 Å². The molecule has 2 rings (SSSR count). The number of esters is 1. The quantitative estimate of drug-likeness (QED) is 0.489. The molecule has 5 heteroatoms. The summed E-state index contributed by atoms with van der Waals surface area (Å²) in [5, 5.41) is 2.31. The van der Waals surface area contributed by atoms with Crippen LogP contribution in [0, 0.1) is 0 Å². The van der Waals surface area contributed by atoms with E-state index in [4.69, 9.17) is 4.74 Å². The molecule has 0 fully saturated rings. The van der Waals surface area contributed by atoms with Gasteiger partial charge in [-0.05, 0) is 17.8 Å². The van der Waals surface area contributed by atoms with Gasteiger partial charge in [-0.1, -0.05) is 30.3 Å². The first-order chi connectivity index (χ1) is 9.19. The van der Waals surface area contributed by atoms with E-state index >= 15 is 0 Å². The van der Waals surface area contributed by atoms with Crippen LogP contribution >= 0.6 is 12.2 Å². The molecule has 1 heterocycles. The Balaban J connectivity index is 2.69. The summed E-state index contributed by atoms with van der Waals surface area (Å²) in [6, 6.07) is 9.66. The van der Waals surface area contributed by atoms with Crippen LogP contribution in [0.2, 0.25) is 0 Å². The van der Waals surface area contributed by atoms with Gasteiger partial charge in [-0.3, -0.25) is 0 Å². The Bertz CT molecular complexity index is 656. The number of carbonyl (C=O) groups excluding carboxylic acids is 1. The molecule has 0 N–H and O–H groups in total. The van der Waals surface area contributed by atoms with Crippen LogP contribution in [0.5, 0.6) is 0 Å². The summed E-state index contributed by atoms with van der Waals surface area (Å²) in [5.74, 6) is -0.450. The van der Waals surface area contributed by atoms with Crippen LogP contribution in [0.4, 0.5) is 5.69 Å². The second-order valence-electron chi connectivity index (χ2n) is 3.91. The Labute approximate surface area is 116 Å². The molecule has 19 heavy (non-hydrogen) atoms. The highest BCUT2D eigenvalue weighted by Crippen LogP contribution is 2.35. The molecule has 0 atom stereocenters. The van der Waals surface area contributed by atoms with E-state index in [1.807, 2.05) is 36.5 Å². The van der Waals surface area contributed by atoms with Crippen LogP contribution in [0.1, 0.15) is 10.5 Å². The Hall–Kier alpha value is -2.23.